The van der Waals surface area contributed by atoms with Crippen LogP contribution in [0.1, 0.15) is 11.1 Å². The van der Waals surface area contributed by atoms with E-state index >= 15 is 0 Å². The molecule has 106 valence electrons. The Kier molecular flexibility index (Phi) is 4.17. The molecule has 0 saturated carbocycles. The molecule has 0 radical (unpaired) electrons. The van der Waals surface area contributed by atoms with Gasteiger partial charge in [-0.3, -0.25) is 4.68 Å². The van der Waals surface area contributed by atoms with Crippen molar-refractivity contribution >= 4 is 11.6 Å². The molecule has 0 atom stereocenters. The predicted molar refractivity (Wildman–Crippen MR) is 81.4 cm³/mol. The fraction of sp³-hybridized carbons (Fsp3) is 0.125. The maximum atomic E-state index is 5.89. The Morgan fingerprint density at radius 1 is 1.05 bits per heavy atom. The number of ether oxygens (including phenoxy) is 1. The lowest BCUT2D eigenvalue weighted by atomic mass is 10.1. The van der Waals surface area contributed by atoms with Gasteiger partial charge in [0.05, 0.1) is 6.54 Å². The van der Waals surface area contributed by atoms with E-state index in [9.17, 15) is 0 Å². The summed E-state index contributed by atoms with van der Waals surface area (Å²) in [5.41, 5.74) is 2.28. The lowest BCUT2D eigenvalue weighted by molar-refractivity contribution is 0.294. The molecule has 0 aliphatic heterocycles. The van der Waals surface area contributed by atoms with Crippen LogP contribution in [-0.2, 0) is 13.2 Å². The van der Waals surface area contributed by atoms with Crippen molar-refractivity contribution in [3.8, 4) is 5.88 Å². The van der Waals surface area contributed by atoms with Crippen LogP contribution in [0.3, 0.4) is 0 Å². The van der Waals surface area contributed by atoms with Gasteiger partial charge in [0.25, 0.3) is 0 Å². The molecular formula is C16H14ClN3O. The van der Waals surface area contributed by atoms with Crippen LogP contribution < -0.4 is 4.74 Å². The zero-order valence-electron chi connectivity index (χ0n) is 11.3. The van der Waals surface area contributed by atoms with E-state index in [-0.39, 0.29) is 0 Å². The summed E-state index contributed by atoms with van der Waals surface area (Å²) >= 11 is 5.89. The van der Waals surface area contributed by atoms with E-state index in [2.05, 4.69) is 22.2 Å². The fourth-order valence-electron chi connectivity index (χ4n) is 1.94. The maximum Gasteiger partial charge on any atom is 0.215 e. The summed E-state index contributed by atoms with van der Waals surface area (Å²) < 4.78 is 7.50. The molecule has 0 unspecified atom stereocenters. The molecule has 0 N–H and O–H groups in total. The Bertz CT molecular complexity index is 696. The van der Waals surface area contributed by atoms with Crippen LogP contribution >= 0.6 is 11.6 Å². The molecule has 0 spiro atoms. The minimum Gasteiger partial charge on any atom is -0.473 e. The number of benzene rings is 1. The monoisotopic (exact) mass is 299 g/mol. The number of rotatable bonds is 5. The average molecular weight is 300 g/mol. The normalized spacial score (nSPS) is 10.5. The molecule has 21 heavy (non-hydrogen) atoms. The Labute approximate surface area is 128 Å². The highest BCUT2D eigenvalue weighted by atomic mass is 35.5. The van der Waals surface area contributed by atoms with Gasteiger partial charge >= 0.3 is 0 Å². The quantitative estimate of drug-likeness (QED) is 0.723. The van der Waals surface area contributed by atoms with Gasteiger partial charge in [-0.1, -0.05) is 35.9 Å². The Hall–Kier alpha value is -2.33. The topological polar surface area (TPSA) is 39.9 Å². The Morgan fingerprint density at radius 2 is 1.86 bits per heavy atom. The molecule has 0 aliphatic carbocycles. The summed E-state index contributed by atoms with van der Waals surface area (Å²) in [5.74, 6) is 0.531. The van der Waals surface area contributed by atoms with E-state index < -0.39 is 0 Å². The lowest BCUT2D eigenvalue weighted by Gasteiger charge is -2.07. The molecule has 0 bridgehead atoms. The van der Waals surface area contributed by atoms with E-state index in [1.807, 2.05) is 29.1 Å². The molecule has 2 heterocycles. The number of aromatic nitrogens is 3. The number of hydrogen-bond donors (Lipinski definition) is 0. The summed E-state index contributed by atoms with van der Waals surface area (Å²) in [5, 5.41) is 4.81. The molecule has 4 nitrogen and oxygen atoms in total. The van der Waals surface area contributed by atoms with Crippen molar-refractivity contribution in [2.75, 3.05) is 0 Å². The summed E-state index contributed by atoms with van der Waals surface area (Å²) in [6.07, 6.45) is 5.35. The van der Waals surface area contributed by atoms with Crippen molar-refractivity contribution < 1.29 is 4.74 Å². The number of pyridine rings is 1. The summed E-state index contributed by atoms with van der Waals surface area (Å²) in [7, 11) is 0. The Balaban J connectivity index is 1.59. The van der Waals surface area contributed by atoms with Crippen LogP contribution in [0.2, 0.25) is 5.02 Å². The van der Waals surface area contributed by atoms with Crippen LogP contribution in [0.25, 0.3) is 0 Å². The highest BCUT2D eigenvalue weighted by Gasteiger charge is 2.00. The minimum atomic E-state index is 0.468. The third-order valence-corrected chi connectivity index (χ3v) is 3.25. The first-order valence-corrected chi connectivity index (χ1v) is 6.97. The third kappa shape index (κ3) is 3.83. The molecular weight excluding hydrogens is 286 g/mol. The van der Waals surface area contributed by atoms with Gasteiger partial charge in [-0.2, -0.15) is 5.10 Å². The summed E-state index contributed by atoms with van der Waals surface area (Å²) in [6.45, 7) is 1.24. The minimum absolute atomic E-state index is 0.468. The van der Waals surface area contributed by atoms with Crippen LogP contribution in [0.4, 0.5) is 0 Å². The van der Waals surface area contributed by atoms with Crippen LogP contribution in [0, 0.1) is 0 Å². The van der Waals surface area contributed by atoms with Gasteiger partial charge in [-0.05, 0) is 23.3 Å². The second-order valence-electron chi connectivity index (χ2n) is 4.62. The first kappa shape index (κ1) is 13.6. The lowest BCUT2D eigenvalue weighted by Crippen LogP contribution is -2.01. The van der Waals surface area contributed by atoms with Crippen molar-refractivity contribution in [1.82, 2.24) is 14.8 Å². The van der Waals surface area contributed by atoms with Gasteiger partial charge in [0.1, 0.15) is 6.61 Å². The highest BCUT2D eigenvalue weighted by molar-refractivity contribution is 6.30. The molecule has 0 amide bonds. The molecule has 0 aliphatic rings. The van der Waals surface area contributed by atoms with Gasteiger partial charge in [0, 0.05) is 29.7 Å². The maximum absolute atomic E-state index is 5.89. The molecule has 3 aromatic rings. The Morgan fingerprint density at radius 3 is 2.57 bits per heavy atom. The highest BCUT2D eigenvalue weighted by Crippen LogP contribution is 2.15. The van der Waals surface area contributed by atoms with Crippen LogP contribution in [0.15, 0.2) is 61.1 Å². The molecule has 3 rings (SSSR count). The molecule has 5 heteroatoms. The van der Waals surface area contributed by atoms with E-state index in [0.717, 1.165) is 12.1 Å². The van der Waals surface area contributed by atoms with E-state index in [0.29, 0.717) is 17.5 Å². The molecule has 0 fully saturated rings. The van der Waals surface area contributed by atoms with E-state index in [4.69, 9.17) is 16.3 Å². The molecule has 2 aromatic heterocycles. The van der Waals surface area contributed by atoms with Gasteiger partial charge in [-0.15, -0.1) is 0 Å². The van der Waals surface area contributed by atoms with Crippen molar-refractivity contribution in [2.45, 2.75) is 13.2 Å². The zero-order valence-corrected chi connectivity index (χ0v) is 12.1. The number of hydrogen-bond acceptors (Lipinski definition) is 3. The van der Waals surface area contributed by atoms with Gasteiger partial charge < -0.3 is 4.74 Å². The molecule has 1 aromatic carbocycles. The standard InChI is InChI=1S/C16H14ClN3O/c17-15-6-8-18-16(10-15)21-12-14-4-2-13(3-5-14)11-20-9-1-7-19-20/h1-10H,11-12H2. The first-order valence-electron chi connectivity index (χ1n) is 6.59. The largest absolute Gasteiger partial charge is 0.473 e. The second kappa shape index (κ2) is 6.41. The average Bonchev–Trinajstić information content (AvgIpc) is 3.00. The zero-order chi connectivity index (χ0) is 14.5. The van der Waals surface area contributed by atoms with Gasteiger partial charge in [0.2, 0.25) is 5.88 Å². The first-order chi connectivity index (χ1) is 10.3. The number of halogens is 1. The van der Waals surface area contributed by atoms with E-state index in [1.165, 1.54) is 5.56 Å². The van der Waals surface area contributed by atoms with Crippen LogP contribution in [-0.4, -0.2) is 14.8 Å². The van der Waals surface area contributed by atoms with Crippen LogP contribution in [0.5, 0.6) is 5.88 Å². The van der Waals surface area contributed by atoms with Gasteiger partial charge in [-0.25, -0.2) is 4.98 Å². The second-order valence-corrected chi connectivity index (χ2v) is 5.06. The third-order valence-electron chi connectivity index (χ3n) is 3.01. The van der Waals surface area contributed by atoms with E-state index in [1.54, 1.807) is 24.5 Å². The molecule has 0 saturated heterocycles. The summed E-state index contributed by atoms with van der Waals surface area (Å²) in [4.78, 5) is 4.10. The SMILES string of the molecule is Clc1ccnc(OCc2ccc(Cn3cccn3)cc2)c1. The number of nitrogens with zero attached hydrogens (tertiary/aromatic N) is 3. The van der Waals surface area contributed by atoms with Crippen molar-refractivity contribution in [3.05, 3.63) is 77.2 Å². The predicted octanol–water partition coefficient (Wildman–Crippen LogP) is 3.56. The van der Waals surface area contributed by atoms with Gasteiger partial charge in [0.15, 0.2) is 0 Å². The van der Waals surface area contributed by atoms with Crippen molar-refractivity contribution in [2.24, 2.45) is 0 Å². The summed E-state index contributed by atoms with van der Waals surface area (Å²) in [6, 6.07) is 13.6. The smallest absolute Gasteiger partial charge is 0.215 e. The van der Waals surface area contributed by atoms with Crippen molar-refractivity contribution in [3.63, 3.8) is 0 Å². The fourth-order valence-corrected chi connectivity index (χ4v) is 2.09. The van der Waals surface area contributed by atoms with Crippen molar-refractivity contribution in [1.29, 1.82) is 0 Å².